The van der Waals surface area contributed by atoms with Crippen molar-refractivity contribution in [2.45, 2.75) is 24.0 Å². The van der Waals surface area contributed by atoms with E-state index in [1.54, 1.807) is 0 Å². The van der Waals surface area contributed by atoms with Gasteiger partial charge in [0.15, 0.2) is 34.9 Å². The number of benzene rings is 16. The van der Waals surface area contributed by atoms with Gasteiger partial charge in [0, 0.05) is 89.6 Å². The van der Waals surface area contributed by atoms with Crippen LogP contribution in [0.2, 0.25) is 0 Å². The lowest BCUT2D eigenvalue weighted by atomic mass is 9.85. The summed E-state index contributed by atoms with van der Waals surface area (Å²) >= 11 is 0. The summed E-state index contributed by atoms with van der Waals surface area (Å²) in [6, 6.07) is 144. The number of hydrogen-bond donors (Lipinski definition) is 0. The second-order valence-corrected chi connectivity index (χ2v) is 31.9. The van der Waals surface area contributed by atoms with Crippen molar-refractivity contribution in [1.82, 2.24) is 39.0 Å². The van der Waals surface area contributed by atoms with E-state index in [1.165, 1.54) is 60.8 Å². The van der Waals surface area contributed by atoms with Gasteiger partial charge in [0.25, 0.3) is 0 Å². The molecule has 0 spiro atoms. The first-order valence-electron chi connectivity index (χ1n) is 42.2. The van der Waals surface area contributed by atoms with Crippen molar-refractivity contribution < 1.29 is 9.47 Å². The van der Waals surface area contributed by atoms with Gasteiger partial charge in [-0.25, -0.2) is 29.9 Å². The van der Waals surface area contributed by atoms with Gasteiger partial charge in [-0.05, 0) is 158 Å². The van der Waals surface area contributed by atoms with E-state index < -0.39 is 0 Å². The molecule has 10 heteroatoms. The Morgan fingerprint density at radius 3 is 0.774 bits per heavy atom. The molecule has 0 amide bonds. The molecule has 4 aliphatic rings. The van der Waals surface area contributed by atoms with Crippen LogP contribution < -0.4 is 9.47 Å². The Balaban J connectivity index is 0.000000143. The summed E-state index contributed by atoms with van der Waals surface area (Å²) < 4.78 is 18.6. The highest BCUT2D eigenvalue weighted by molar-refractivity contribution is 5.94. The first-order valence-corrected chi connectivity index (χ1v) is 42.2. The molecule has 0 radical (unpaired) electrons. The predicted octanol–water partition coefficient (Wildman–Crippen LogP) is 28.1. The highest BCUT2D eigenvalue weighted by Crippen LogP contribution is 2.56. The molecule has 20 aromatic rings. The highest BCUT2D eigenvalue weighted by atomic mass is 16.5. The number of ether oxygens (including phenoxy) is 2. The van der Waals surface area contributed by atoms with Crippen LogP contribution in [0.15, 0.2) is 425 Å². The number of nitrogens with zero attached hydrogens (tertiary/aromatic N) is 8. The summed E-state index contributed by atoms with van der Waals surface area (Å²) in [6.07, 6.45) is 8.83. The van der Waals surface area contributed by atoms with E-state index in [9.17, 15) is 0 Å². The Morgan fingerprint density at radius 2 is 0.444 bits per heavy atom. The monoisotopic (exact) mass is 1590 g/mol. The molecule has 0 saturated heterocycles. The summed E-state index contributed by atoms with van der Waals surface area (Å²) in [4.78, 5) is 30.9. The summed E-state index contributed by atoms with van der Waals surface area (Å²) in [6.45, 7) is 0. The topological polar surface area (TPSA) is 106 Å². The van der Waals surface area contributed by atoms with Crippen LogP contribution in [0.1, 0.15) is 57.7 Å². The Kier molecular flexibility index (Phi) is 18.3. The molecule has 4 atom stereocenters. The van der Waals surface area contributed by atoms with Crippen LogP contribution in [0.5, 0.6) is 11.5 Å². The fraction of sp³-hybridized carbons (Fsp3) is 0.0351. The first-order chi connectivity index (χ1) is 61.4. The number of rotatable bonds is 14. The molecule has 4 aromatic heterocycles. The summed E-state index contributed by atoms with van der Waals surface area (Å²) in [5.74, 6) is 5.53. The lowest BCUT2D eigenvalue weighted by molar-refractivity contribution is 0.224. The molecule has 16 aromatic carbocycles. The van der Waals surface area contributed by atoms with Crippen LogP contribution in [-0.2, 0) is 0 Å². The molecular formula is C114H76N8O2. The molecule has 4 unspecified atom stereocenters. The third-order valence-corrected chi connectivity index (χ3v) is 24.5. The van der Waals surface area contributed by atoms with Crippen LogP contribution in [-0.4, -0.2) is 39.0 Å². The minimum atomic E-state index is -0.177. The van der Waals surface area contributed by atoms with Crippen LogP contribution in [0.4, 0.5) is 0 Å². The minimum absolute atomic E-state index is 0.0195. The summed E-state index contributed by atoms with van der Waals surface area (Å²) in [5, 5.41) is 2.40. The van der Waals surface area contributed by atoms with Crippen molar-refractivity contribution in [2.75, 3.05) is 0 Å². The fourth-order valence-corrected chi connectivity index (χ4v) is 18.4. The maximum Gasteiger partial charge on any atom is 0.164 e. The molecule has 10 nitrogen and oxygen atoms in total. The SMILES string of the molecule is C1=CC2c3cc(-c4nc(-c5ccc(-c6ccccc6)cc5)nc(-c5ccc(-c6ccccc6)cc5)n4)ccc3OC2c2c1n(-c1ccc(-c3ccccc3)cc1)c1ccccc21.C1=CC2c3cc(-c4nc(-c5ccc(-c6ccccc6)cc5)nc(-c5cccc(-c6ccccc6)c5)n4)ccc3OC2c2c1n(-c1ccc(-c3ccccc3)cc1)c1ccccc21. The molecule has 24 rings (SSSR count). The van der Waals surface area contributed by atoms with Crippen molar-refractivity contribution in [3.8, 4) is 158 Å². The van der Waals surface area contributed by atoms with Gasteiger partial charge >= 0.3 is 0 Å². The lowest BCUT2D eigenvalue weighted by Gasteiger charge is -2.22. The normalized spacial score (nSPS) is 14.8. The van der Waals surface area contributed by atoms with E-state index in [0.29, 0.717) is 34.9 Å². The summed E-state index contributed by atoms with van der Waals surface area (Å²) in [7, 11) is 0. The largest absolute Gasteiger partial charge is 0.484 e. The molecule has 584 valence electrons. The molecule has 124 heavy (non-hydrogen) atoms. The number of fused-ring (bicyclic) bond motifs is 14. The van der Waals surface area contributed by atoms with Gasteiger partial charge in [-0.3, -0.25) is 0 Å². The number of hydrogen-bond acceptors (Lipinski definition) is 8. The third-order valence-electron chi connectivity index (χ3n) is 24.5. The van der Waals surface area contributed by atoms with E-state index >= 15 is 0 Å². The smallest absolute Gasteiger partial charge is 0.164 e. The first kappa shape index (κ1) is 72.9. The second-order valence-electron chi connectivity index (χ2n) is 31.9. The number of aromatic nitrogens is 8. The van der Waals surface area contributed by atoms with E-state index in [2.05, 4.69) is 422 Å². The maximum absolute atomic E-state index is 6.93. The van der Waals surface area contributed by atoms with Gasteiger partial charge in [-0.15, -0.1) is 0 Å². The Bertz CT molecular complexity index is 7390. The average Bonchev–Trinajstić information content (AvgIpc) is 1.56. The quantitative estimate of drug-likeness (QED) is 0.106. The van der Waals surface area contributed by atoms with E-state index in [-0.39, 0.29) is 24.0 Å². The minimum Gasteiger partial charge on any atom is -0.484 e. The maximum atomic E-state index is 6.93. The molecule has 2 aliphatic heterocycles. The van der Waals surface area contributed by atoms with Crippen molar-refractivity contribution in [3.05, 3.63) is 458 Å². The number of para-hydroxylation sites is 2. The summed E-state index contributed by atoms with van der Waals surface area (Å²) in [5.41, 5.74) is 31.0. The zero-order chi connectivity index (χ0) is 82.0. The van der Waals surface area contributed by atoms with Crippen molar-refractivity contribution in [2.24, 2.45) is 0 Å². The van der Waals surface area contributed by atoms with Crippen molar-refractivity contribution in [3.63, 3.8) is 0 Å². The molecule has 0 fully saturated rings. The predicted molar refractivity (Wildman–Crippen MR) is 502 cm³/mol. The molecule has 0 N–H and O–H groups in total. The van der Waals surface area contributed by atoms with E-state index in [0.717, 1.165) is 118 Å². The Hall–Kier alpha value is -16.3. The second kappa shape index (κ2) is 31.1. The third kappa shape index (κ3) is 13.4. The molecular weight excluding hydrogens is 1510 g/mol. The van der Waals surface area contributed by atoms with Crippen LogP contribution in [0.3, 0.4) is 0 Å². The standard InChI is InChI=1S/2C57H38N4O/c1-4-13-37(14-5-1)40-23-25-42(26-24-40)55-58-56(44-20-12-19-43(35-44)39-17-8-3-9-18-39)60-57(59-55)45-29-34-52-49(36-45)47-32-33-51-53(54(47)62-52)48-21-10-11-22-50(48)61(51)46-30-27-41(28-31-46)38-15-6-2-7-16-38;1-4-12-37(13-5-1)40-20-24-43(25-21-40)55-58-56(44-26-22-41(23-27-44)38-14-6-2-7-15-38)60-57(59-55)45-30-35-52-49(36-45)47-33-34-51-53(54(47)62-52)48-18-10-11-19-50(48)61(51)46-31-28-42(29-32-46)39-16-8-3-9-17-39/h2*1-36,47,54H. The van der Waals surface area contributed by atoms with Crippen molar-refractivity contribution >= 4 is 34.0 Å². The molecule has 0 saturated carbocycles. The molecule has 2 aliphatic carbocycles. The van der Waals surface area contributed by atoms with Crippen LogP contribution in [0, 0.1) is 0 Å². The van der Waals surface area contributed by atoms with Gasteiger partial charge in [-0.1, -0.05) is 346 Å². The Morgan fingerprint density at radius 1 is 0.202 bits per heavy atom. The molecule has 0 bridgehead atoms. The van der Waals surface area contributed by atoms with E-state index in [1.807, 2.05) is 24.3 Å². The Labute approximate surface area is 718 Å². The van der Waals surface area contributed by atoms with Crippen LogP contribution in [0.25, 0.3) is 180 Å². The zero-order valence-electron chi connectivity index (χ0n) is 67.3. The zero-order valence-corrected chi connectivity index (χ0v) is 67.3. The van der Waals surface area contributed by atoms with Gasteiger partial charge < -0.3 is 18.6 Å². The van der Waals surface area contributed by atoms with Gasteiger partial charge in [0.2, 0.25) is 0 Å². The highest BCUT2D eigenvalue weighted by Gasteiger charge is 2.42. The van der Waals surface area contributed by atoms with Gasteiger partial charge in [0.05, 0.1) is 22.4 Å². The lowest BCUT2D eigenvalue weighted by Crippen LogP contribution is -2.13. The van der Waals surface area contributed by atoms with E-state index in [4.69, 9.17) is 39.4 Å². The van der Waals surface area contributed by atoms with Gasteiger partial charge in [-0.2, -0.15) is 0 Å². The van der Waals surface area contributed by atoms with Gasteiger partial charge in [0.1, 0.15) is 23.7 Å². The molecule has 6 heterocycles. The fourth-order valence-electron chi connectivity index (χ4n) is 18.4. The van der Waals surface area contributed by atoms with Crippen molar-refractivity contribution in [1.29, 1.82) is 0 Å². The average molecular weight is 1590 g/mol. The van der Waals surface area contributed by atoms with Crippen LogP contribution >= 0.6 is 0 Å².